The van der Waals surface area contributed by atoms with Crippen LogP contribution in [0.5, 0.6) is 0 Å². The maximum atomic E-state index is 13.0. The van der Waals surface area contributed by atoms with Crippen molar-refractivity contribution in [2.45, 2.75) is 52.5 Å². The molecule has 2 saturated heterocycles. The van der Waals surface area contributed by atoms with Gasteiger partial charge < -0.3 is 15.1 Å². The third-order valence-electron chi connectivity index (χ3n) is 5.27. The number of piperidine rings is 1. The Labute approximate surface area is 164 Å². The van der Waals surface area contributed by atoms with E-state index in [1.54, 1.807) is 16.5 Å². The highest BCUT2D eigenvalue weighted by Crippen LogP contribution is 2.28. The van der Waals surface area contributed by atoms with Gasteiger partial charge in [0.1, 0.15) is 6.04 Å². The highest BCUT2D eigenvalue weighted by Gasteiger charge is 2.39. The van der Waals surface area contributed by atoms with Gasteiger partial charge in [0.25, 0.3) is 0 Å². The monoisotopic (exact) mass is 392 g/mol. The fraction of sp³-hybridized carbons (Fsp3) is 0.684. The summed E-state index contributed by atoms with van der Waals surface area (Å²) in [4.78, 5) is 45.7. The molecule has 1 aromatic rings. The average molecular weight is 393 g/mol. The Morgan fingerprint density at radius 3 is 2.44 bits per heavy atom. The zero-order valence-corrected chi connectivity index (χ0v) is 17.1. The lowest BCUT2D eigenvalue weighted by Crippen LogP contribution is -2.50. The van der Waals surface area contributed by atoms with Crippen LogP contribution in [0.4, 0.5) is 5.13 Å². The SMILES string of the molecule is CC(C)(C)C(=O)N1CCC(C(=O)N2CCCC2C(=O)Nc2nccs2)CC1. The Morgan fingerprint density at radius 1 is 1.15 bits per heavy atom. The number of likely N-dealkylation sites (tertiary alicyclic amines) is 2. The second-order valence-corrected chi connectivity index (χ2v) is 9.23. The smallest absolute Gasteiger partial charge is 0.248 e. The van der Waals surface area contributed by atoms with Crippen molar-refractivity contribution in [3.63, 3.8) is 0 Å². The van der Waals surface area contributed by atoms with E-state index in [4.69, 9.17) is 0 Å². The van der Waals surface area contributed by atoms with E-state index < -0.39 is 11.5 Å². The average Bonchev–Trinajstić information content (AvgIpc) is 3.31. The Balaban J connectivity index is 1.57. The topological polar surface area (TPSA) is 82.6 Å². The maximum Gasteiger partial charge on any atom is 0.248 e. The summed E-state index contributed by atoms with van der Waals surface area (Å²) in [6, 6.07) is -0.421. The van der Waals surface area contributed by atoms with E-state index in [1.807, 2.05) is 25.7 Å². The predicted octanol–water partition coefficient (Wildman–Crippen LogP) is 2.36. The molecule has 2 fully saturated rings. The minimum atomic E-state index is -0.421. The van der Waals surface area contributed by atoms with E-state index in [2.05, 4.69) is 10.3 Å². The first kappa shape index (κ1) is 19.8. The number of nitrogens with one attached hydrogen (secondary N) is 1. The van der Waals surface area contributed by atoms with Crippen LogP contribution in [0.15, 0.2) is 11.6 Å². The first-order valence-electron chi connectivity index (χ1n) is 9.57. The Morgan fingerprint density at radius 2 is 1.85 bits per heavy atom. The van der Waals surface area contributed by atoms with Crippen molar-refractivity contribution >= 4 is 34.2 Å². The fourth-order valence-electron chi connectivity index (χ4n) is 3.82. The van der Waals surface area contributed by atoms with Crippen LogP contribution in [0.3, 0.4) is 0 Å². The number of carbonyl (C=O) groups is 3. The van der Waals surface area contributed by atoms with Crippen LogP contribution in [0.2, 0.25) is 0 Å². The van der Waals surface area contributed by atoms with Crippen LogP contribution >= 0.6 is 11.3 Å². The van der Waals surface area contributed by atoms with Crippen molar-refractivity contribution in [3.8, 4) is 0 Å². The van der Waals surface area contributed by atoms with Gasteiger partial charge in [0.05, 0.1) is 0 Å². The number of aromatic nitrogens is 1. The molecule has 0 aromatic carbocycles. The van der Waals surface area contributed by atoms with Gasteiger partial charge in [-0.2, -0.15) is 0 Å². The van der Waals surface area contributed by atoms with Crippen molar-refractivity contribution in [1.82, 2.24) is 14.8 Å². The molecule has 8 heteroatoms. The summed E-state index contributed by atoms with van der Waals surface area (Å²) in [5.74, 6) is -0.0802. The van der Waals surface area contributed by atoms with Crippen molar-refractivity contribution in [2.75, 3.05) is 25.0 Å². The van der Waals surface area contributed by atoms with Gasteiger partial charge in [-0.1, -0.05) is 20.8 Å². The van der Waals surface area contributed by atoms with Crippen LogP contribution < -0.4 is 5.32 Å². The summed E-state index contributed by atoms with van der Waals surface area (Å²) >= 11 is 1.37. The standard InChI is InChI=1S/C19H28N4O3S/c1-19(2,3)17(26)22-10-6-13(7-11-22)16(25)23-9-4-5-14(23)15(24)21-18-20-8-12-27-18/h8,12-14H,4-7,9-11H2,1-3H3,(H,20,21,24). The van der Waals surface area contributed by atoms with Gasteiger partial charge >= 0.3 is 0 Å². The Kier molecular flexibility index (Phi) is 5.83. The normalized spacial score (nSPS) is 21.4. The molecule has 0 spiro atoms. The molecule has 1 unspecified atom stereocenters. The van der Waals surface area contributed by atoms with E-state index in [0.29, 0.717) is 44.0 Å². The molecule has 148 valence electrons. The van der Waals surface area contributed by atoms with Gasteiger partial charge in [-0.25, -0.2) is 4.98 Å². The van der Waals surface area contributed by atoms with Crippen LogP contribution in [-0.2, 0) is 14.4 Å². The molecule has 3 rings (SSSR count). The number of carbonyl (C=O) groups excluding carboxylic acids is 3. The third kappa shape index (κ3) is 4.48. The number of amides is 3. The molecule has 7 nitrogen and oxygen atoms in total. The summed E-state index contributed by atoms with van der Waals surface area (Å²) in [7, 11) is 0. The lowest BCUT2D eigenvalue weighted by atomic mass is 9.90. The molecule has 3 heterocycles. The molecule has 0 saturated carbocycles. The molecule has 2 aliphatic heterocycles. The molecule has 1 N–H and O–H groups in total. The van der Waals surface area contributed by atoms with Crippen molar-refractivity contribution in [3.05, 3.63) is 11.6 Å². The number of hydrogen-bond donors (Lipinski definition) is 1. The predicted molar refractivity (Wildman–Crippen MR) is 104 cm³/mol. The number of nitrogens with zero attached hydrogens (tertiary/aromatic N) is 3. The molecule has 2 aliphatic rings. The molecule has 3 amide bonds. The van der Waals surface area contributed by atoms with Gasteiger partial charge in [0, 0.05) is 42.5 Å². The zero-order chi connectivity index (χ0) is 19.6. The minimum Gasteiger partial charge on any atom is -0.342 e. The maximum absolute atomic E-state index is 13.0. The largest absolute Gasteiger partial charge is 0.342 e. The van der Waals surface area contributed by atoms with Crippen molar-refractivity contribution in [1.29, 1.82) is 0 Å². The number of anilines is 1. The molecule has 0 aliphatic carbocycles. The molecule has 1 aromatic heterocycles. The van der Waals surface area contributed by atoms with E-state index in [-0.39, 0.29) is 23.6 Å². The van der Waals surface area contributed by atoms with Gasteiger partial charge in [-0.15, -0.1) is 11.3 Å². The molecule has 1 atom stereocenters. The van der Waals surface area contributed by atoms with Crippen molar-refractivity contribution < 1.29 is 14.4 Å². The minimum absolute atomic E-state index is 0.0506. The Bertz CT molecular complexity index is 690. The van der Waals surface area contributed by atoms with E-state index in [1.165, 1.54) is 11.3 Å². The number of hydrogen-bond acceptors (Lipinski definition) is 5. The van der Waals surface area contributed by atoms with Gasteiger partial charge in [-0.3, -0.25) is 14.4 Å². The van der Waals surface area contributed by atoms with Crippen molar-refractivity contribution in [2.24, 2.45) is 11.3 Å². The first-order valence-corrected chi connectivity index (χ1v) is 10.5. The fourth-order valence-corrected chi connectivity index (χ4v) is 4.35. The zero-order valence-electron chi connectivity index (χ0n) is 16.2. The lowest BCUT2D eigenvalue weighted by molar-refractivity contribution is -0.146. The highest BCUT2D eigenvalue weighted by atomic mass is 32.1. The second-order valence-electron chi connectivity index (χ2n) is 8.33. The van der Waals surface area contributed by atoms with Crippen LogP contribution in [0.1, 0.15) is 46.5 Å². The van der Waals surface area contributed by atoms with Gasteiger partial charge in [0.15, 0.2) is 5.13 Å². The lowest BCUT2D eigenvalue weighted by Gasteiger charge is -2.37. The summed E-state index contributed by atoms with van der Waals surface area (Å²) in [6.07, 6.45) is 4.49. The quantitative estimate of drug-likeness (QED) is 0.856. The van der Waals surface area contributed by atoms with Crippen LogP contribution in [0, 0.1) is 11.3 Å². The summed E-state index contributed by atoms with van der Waals surface area (Å²) < 4.78 is 0. The summed E-state index contributed by atoms with van der Waals surface area (Å²) in [6.45, 7) is 7.59. The van der Waals surface area contributed by atoms with E-state index >= 15 is 0 Å². The first-order chi connectivity index (χ1) is 12.8. The molecular formula is C19H28N4O3S. The number of rotatable bonds is 3. The Hall–Kier alpha value is -1.96. The molecule has 0 radical (unpaired) electrons. The van der Waals surface area contributed by atoms with Gasteiger partial charge in [0.2, 0.25) is 17.7 Å². The van der Waals surface area contributed by atoms with Gasteiger partial charge in [-0.05, 0) is 25.7 Å². The van der Waals surface area contributed by atoms with Crippen LogP contribution in [-0.4, -0.2) is 58.2 Å². The second kappa shape index (κ2) is 7.96. The summed E-state index contributed by atoms with van der Waals surface area (Å²) in [5, 5.41) is 5.18. The van der Waals surface area contributed by atoms with Crippen LogP contribution in [0.25, 0.3) is 0 Å². The van der Waals surface area contributed by atoms with E-state index in [0.717, 1.165) is 6.42 Å². The summed E-state index contributed by atoms with van der Waals surface area (Å²) in [5.41, 5.74) is -0.398. The van der Waals surface area contributed by atoms with E-state index in [9.17, 15) is 14.4 Å². The molecular weight excluding hydrogens is 364 g/mol. The molecule has 27 heavy (non-hydrogen) atoms. The third-order valence-corrected chi connectivity index (χ3v) is 5.96. The number of thiazole rings is 1. The molecule has 0 bridgehead atoms. The highest BCUT2D eigenvalue weighted by molar-refractivity contribution is 7.13.